The second kappa shape index (κ2) is 8.24. The molecule has 2 aromatic rings. The molecule has 1 saturated heterocycles. The van der Waals surface area contributed by atoms with E-state index in [1.165, 1.54) is 13.2 Å². The highest BCUT2D eigenvalue weighted by Crippen LogP contribution is 2.24. The molecule has 1 N–H and O–H groups in total. The van der Waals surface area contributed by atoms with E-state index in [0.717, 1.165) is 49.6 Å². The van der Waals surface area contributed by atoms with E-state index in [1.54, 1.807) is 0 Å². The van der Waals surface area contributed by atoms with Gasteiger partial charge >= 0.3 is 0 Å². The smallest absolute Gasteiger partial charge is 0.244 e. The van der Waals surface area contributed by atoms with Gasteiger partial charge in [-0.15, -0.1) is 0 Å². The maximum atomic E-state index is 13.5. The molecule has 8 heteroatoms. The van der Waals surface area contributed by atoms with E-state index in [2.05, 4.69) is 21.6 Å². The number of anilines is 1. The minimum absolute atomic E-state index is 0.106. The quantitative estimate of drug-likeness (QED) is 0.814. The number of rotatable bonds is 6. The monoisotopic (exact) mass is 393 g/mol. The van der Waals surface area contributed by atoms with Crippen molar-refractivity contribution in [2.24, 2.45) is 0 Å². The van der Waals surface area contributed by atoms with Crippen molar-refractivity contribution in [2.75, 3.05) is 45.2 Å². The van der Waals surface area contributed by atoms with Crippen molar-refractivity contribution in [1.82, 2.24) is 9.62 Å². The Morgan fingerprint density at radius 2 is 1.74 bits per heavy atom. The molecular formula is C19H24FN3O3S. The Hall–Kier alpha value is -2.16. The van der Waals surface area contributed by atoms with Crippen LogP contribution < -0.4 is 14.4 Å². The Labute approximate surface area is 159 Å². The summed E-state index contributed by atoms with van der Waals surface area (Å²) in [5.74, 6) is -0.526. The van der Waals surface area contributed by atoms with E-state index in [1.807, 2.05) is 24.3 Å². The highest BCUT2D eigenvalue weighted by atomic mass is 32.2. The summed E-state index contributed by atoms with van der Waals surface area (Å²) in [5.41, 5.74) is 1.95. The number of nitrogens with one attached hydrogen (secondary N) is 1. The lowest BCUT2D eigenvalue weighted by Crippen LogP contribution is -2.44. The summed E-state index contributed by atoms with van der Waals surface area (Å²) in [5, 5.41) is 0. The van der Waals surface area contributed by atoms with Crippen LogP contribution >= 0.6 is 0 Å². The second-order valence-corrected chi connectivity index (χ2v) is 8.31. The fourth-order valence-corrected chi connectivity index (χ4v) is 4.20. The average Bonchev–Trinajstić information content (AvgIpc) is 2.67. The van der Waals surface area contributed by atoms with E-state index in [-0.39, 0.29) is 17.2 Å². The molecule has 1 fully saturated rings. The molecule has 3 rings (SSSR count). The summed E-state index contributed by atoms with van der Waals surface area (Å²) in [6.07, 6.45) is 0. The molecule has 6 nitrogen and oxygen atoms in total. The van der Waals surface area contributed by atoms with Gasteiger partial charge in [-0.3, -0.25) is 0 Å². The van der Waals surface area contributed by atoms with Crippen LogP contribution in [-0.4, -0.2) is 53.7 Å². The fourth-order valence-electron chi connectivity index (χ4n) is 3.01. The van der Waals surface area contributed by atoms with Crippen LogP contribution in [0.2, 0.25) is 0 Å². The van der Waals surface area contributed by atoms with Gasteiger partial charge in [-0.05, 0) is 42.9 Å². The lowest BCUT2D eigenvalue weighted by Gasteiger charge is -2.34. The van der Waals surface area contributed by atoms with E-state index >= 15 is 0 Å². The number of methoxy groups -OCH3 is 1. The van der Waals surface area contributed by atoms with Gasteiger partial charge < -0.3 is 14.5 Å². The molecule has 0 radical (unpaired) electrons. The van der Waals surface area contributed by atoms with Crippen LogP contribution in [0.5, 0.6) is 5.75 Å². The lowest BCUT2D eigenvalue weighted by atomic mass is 10.2. The van der Waals surface area contributed by atoms with Crippen LogP contribution in [0.4, 0.5) is 10.1 Å². The molecule has 0 atom stereocenters. The Bertz CT molecular complexity index is 880. The average molecular weight is 393 g/mol. The molecule has 0 unspecified atom stereocenters. The summed E-state index contributed by atoms with van der Waals surface area (Å²) >= 11 is 0. The van der Waals surface area contributed by atoms with Crippen molar-refractivity contribution < 1.29 is 17.5 Å². The van der Waals surface area contributed by atoms with Gasteiger partial charge in [-0.25, -0.2) is 17.5 Å². The summed E-state index contributed by atoms with van der Waals surface area (Å²) in [7, 11) is -0.430. The first kappa shape index (κ1) is 19.6. The molecular weight excluding hydrogens is 369 g/mol. The molecule has 0 aromatic heterocycles. The topological polar surface area (TPSA) is 61.9 Å². The van der Waals surface area contributed by atoms with Crippen molar-refractivity contribution in [3.8, 4) is 5.75 Å². The second-order valence-electron chi connectivity index (χ2n) is 6.58. The molecule has 0 aliphatic carbocycles. The van der Waals surface area contributed by atoms with Crippen LogP contribution in [0.1, 0.15) is 5.56 Å². The minimum Gasteiger partial charge on any atom is -0.495 e. The third-order valence-corrected chi connectivity index (χ3v) is 6.11. The van der Waals surface area contributed by atoms with Crippen molar-refractivity contribution >= 4 is 15.7 Å². The van der Waals surface area contributed by atoms with Crippen LogP contribution in [0.3, 0.4) is 0 Å². The van der Waals surface area contributed by atoms with E-state index in [0.29, 0.717) is 0 Å². The SMILES string of the molecule is COc1ccc(F)cc1S(=O)(=O)NCc1ccc(N2CCN(C)CC2)cc1. The number of hydrogen-bond acceptors (Lipinski definition) is 5. The first-order valence-corrected chi connectivity index (χ1v) is 10.2. The molecule has 0 bridgehead atoms. The largest absolute Gasteiger partial charge is 0.495 e. The highest BCUT2D eigenvalue weighted by Gasteiger charge is 2.20. The number of ether oxygens (including phenoxy) is 1. The van der Waals surface area contributed by atoms with Gasteiger partial charge in [0.15, 0.2) is 0 Å². The first-order chi connectivity index (χ1) is 12.9. The molecule has 1 heterocycles. The molecule has 27 heavy (non-hydrogen) atoms. The molecule has 0 saturated carbocycles. The fraction of sp³-hybridized carbons (Fsp3) is 0.368. The van der Waals surface area contributed by atoms with Crippen LogP contribution in [0, 0.1) is 5.82 Å². The number of benzene rings is 2. The summed E-state index contributed by atoms with van der Waals surface area (Å²) < 4.78 is 46.0. The highest BCUT2D eigenvalue weighted by molar-refractivity contribution is 7.89. The Morgan fingerprint density at radius 1 is 1.07 bits per heavy atom. The van der Waals surface area contributed by atoms with E-state index in [9.17, 15) is 12.8 Å². The van der Waals surface area contributed by atoms with Gasteiger partial charge in [0.25, 0.3) is 0 Å². The normalized spacial score (nSPS) is 15.7. The zero-order chi connectivity index (χ0) is 19.4. The van der Waals surface area contributed by atoms with E-state index < -0.39 is 15.8 Å². The Balaban J connectivity index is 1.67. The Morgan fingerprint density at radius 3 is 2.37 bits per heavy atom. The molecule has 146 valence electrons. The number of hydrogen-bond donors (Lipinski definition) is 1. The minimum atomic E-state index is -3.89. The molecule has 0 spiro atoms. The lowest BCUT2D eigenvalue weighted by molar-refractivity contribution is 0.313. The molecule has 1 aliphatic rings. The van der Waals surface area contributed by atoms with Crippen molar-refractivity contribution in [3.63, 3.8) is 0 Å². The van der Waals surface area contributed by atoms with Crippen molar-refractivity contribution in [2.45, 2.75) is 11.4 Å². The maximum Gasteiger partial charge on any atom is 0.244 e. The summed E-state index contributed by atoms with van der Waals surface area (Å²) in [6.45, 7) is 4.11. The van der Waals surface area contributed by atoms with Crippen molar-refractivity contribution in [1.29, 1.82) is 0 Å². The zero-order valence-corrected chi connectivity index (χ0v) is 16.3. The van der Waals surface area contributed by atoms with Gasteiger partial charge in [0.05, 0.1) is 7.11 Å². The predicted molar refractivity (Wildman–Crippen MR) is 103 cm³/mol. The number of likely N-dealkylation sites (N-methyl/N-ethyl adjacent to an activating group) is 1. The first-order valence-electron chi connectivity index (χ1n) is 8.75. The van der Waals surface area contributed by atoms with Gasteiger partial charge in [-0.1, -0.05) is 12.1 Å². The molecule has 0 amide bonds. The van der Waals surface area contributed by atoms with Crippen molar-refractivity contribution in [3.05, 3.63) is 53.8 Å². The zero-order valence-electron chi connectivity index (χ0n) is 15.5. The standard InChI is InChI=1S/C19H24FN3O3S/c1-22-9-11-23(12-10-22)17-6-3-15(4-7-17)14-21-27(24,25)19-13-16(20)5-8-18(19)26-2/h3-8,13,21H,9-12,14H2,1-2H3. The third-order valence-electron chi connectivity index (χ3n) is 4.69. The third kappa shape index (κ3) is 4.77. The van der Waals surface area contributed by atoms with Gasteiger partial charge in [0.2, 0.25) is 10.0 Å². The number of halogens is 1. The summed E-state index contributed by atoms with van der Waals surface area (Å²) in [4.78, 5) is 4.39. The van der Waals surface area contributed by atoms with Gasteiger partial charge in [0.1, 0.15) is 16.5 Å². The Kier molecular flexibility index (Phi) is 5.98. The van der Waals surface area contributed by atoms with Gasteiger partial charge in [0, 0.05) is 38.4 Å². The maximum absolute atomic E-state index is 13.5. The number of piperazine rings is 1. The van der Waals surface area contributed by atoms with Crippen LogP contribution in [-0.2, 0) is 16.6 Å². The van der Waals surface area contributed by atoms with Gasteiger partial charge in [-0.2, -0.15) is 0 Å². The molecule has 2 aromatic carbocycles. The van der Waals surface area contributed by atoms with E-state index in [4.69, 9.17) is 4.74 Å². The molecule has 1 aliphatic heterocycles. The summed E-state index contributed by atoms with van der Waals surface area (Å²) in [6, 6.07) is 11.2. The number of sulfonamides is 1. The number of nitrogens with zero attached hydrogens (tertiary/aromatic N) is 2. The van der Waals surface area contributed by atoms with Crippen LogP contribution in [0.15, 0.2) is 47.4 Å². The predicted octanol–water partition coefficient (Wildman–Crippen LogP) is 2.06. The van der Waals surface area contributed by atoms with Crippen LogP contribution in [0.25, 0.3) is 0 Å².